The smallest absolute Gasteiger partial charge is 0.117 e. The maximum absolute atomic E-state index is 6.37. The molecule has 22 heavy (non-hydrogen) atoms. The van der Waals surface area contributed by atoms with E-state index < -0.39 is 0 Å². The van der Waals surface area contributed by atoms with Crippen molar-refractivity contribution in [3.8, 4) is 0 Å². The van der Waals surface area contributed by atoms with Crippen LogP contribution < -0.4 is 5.32 Å². The Hall–Kier alpha value is -1.39. The summed E-state index contributed by atoms with van der Waals surface area (Å²) < 4.78 is 6.93. The van der Waals surface area contributed by atoms with Gasteiger partial charge in [0, 0.05) is 56.7 Å². The van der Waals surface area contributed by atoms with Gasteiger partial charge < -0.3 is 15.0 Å². The monoisotopic (exact) mass is 323 g/mol. The summed E-state index contributed by atoms with van der Waals surface area (Å²) in [5.41, 5.74) is 3.64. The molecule has 122 valence electrons. The molecule has 0 amide bonds. The van der Waals surface area contributed by atoms with Crippen molar-refractivity contribution in [2.24, 2.45) is 0 Å². The maximum atomic E-state index is 6.37. The third kappa shape index (κ3) is 4.31. The number of unbranched alkanes of at least 4 members (excludes halogenated alkanes) is 1. The van der Waals surface area contributed by atoms with Crippen LogP contribution in [0, 0.1) is 0 Å². The van der Waals surface area contributed by atoms with Gasteiger partial charge in [0.05, 0.1) is 0 Å². The third-order valence-electron chi connectivity index (χ3n) is 4.06. The number of nitrogens with one attached hydrogen (secondary N) is 1. The number of hydrogen-bond donors (Lipinski definition) is 1. The second-order valence-electron chi connectivity index (χ2n) is 5.66. The summed E-state index contributed by atoms with van der Waals surface area (Å²) in [6, 6.07) is 8.54. The van der Waals surface area contributed by atoms with Crippen molar-refractivity contribution in [3.63, 3.8) is 0 Å². The summed E-state index contributed by atoms with van der Waals surface area (Å²) in [4.78, 5) is 2.37. The highest BCUT2D eigenvalue weighted by Crippen LogP contribution is 2.29. The van der Waals surface area contributed by atoms with Crippen LogP contribution in [-0.4, -0.2) is 36.2 Å². The van der Waals surface area contributed by atoms with Crippen LogP contribution in [0.25, 0.3) is 0 Å². The minimum absolute atomic E-state index is 0.225. The molecule has 0 aliphatic carbocycles. The van der Waals surface area contributed by atoms with Crippen LogP contribution in [0.5, 0.6) is 0 Å². The van der Waals surface area contributed by atoms with Crippen molar-refractivity contribution in [3.05, 3.63) is 41.7 Å². The van der Waals surface area contributed by atoms with Crippen LogP contribution in [0.15, 0.2) is 36.2 Å². The molecule has 1 aromatic rings. The average molecular weight is 324 g/mol. The number of methoxy groups -OCH3 is 1. The lowest BCUT2D eigenvalue weighted by atomic mass is 10.1. The summed E-state index contributed by atoms with van der Waals surface area (Å²) in [6.07, 6.45) is 5.46. The highest BCUT2D eigenvalue weighted by atomic mass is 35.5. The number of nitrogens with zero attached hydrogens (tertiary/aromatic N) is 2. The quantitative estimate of drug-likeness (QED) is 0.578. The summed E-state index contributed by atoms with van der Waals surface area (Å²) in [7, 11) is 3.68. The van der Waals surface area contributed by atoms with Gasteiger partial charge in [-0.2, -0.15) is 0 Å². The van der Waals surface area contributed by atoms with E-state index in [-0.39, 0.29) is 6.17 Å². The molecule has 1 N–H and O–H groups in total. The Morgan fingerprint density at radius 1 is 1.23 bits per heavy atom. The van der Waals surface area contributed by atoms with Crippen molar-refractivity contribution < 1.29 is 4.74 Å². The third-order valence-corrected chi connectivity index (χ3v) is 4.39. The second-order valence-corrected chi connectivity index (χ2v) is 6.05. The van der Waals surface area contributed by atoms with Crippen LogP contribution >= 0.6 is 11.8 Å². The minimum Gasteiger partial charge on any atom is -0.388 e. The fraction of sp³-hybridized carbons (Fsp3) is 0.529. The molecule has 2 rings (SSSR count). The lowest BCUT2D eigenvalue weighted by Crippen LogP contribution is -2.35. The second kappa shape index (κ2) is 8.30. The van der Waals surface area contributed by atoms with Crippen LogP contribution in [0.2, 0.25) is 0 Å². The molecule has 1 aromatic carbocycles. The topological polar surface area (TPSA) is 27.7 Å². The van der Waals surface area contributed by atoms with E-state index in [0.29, 0.717) is 0 Å². The highest BCUT2D eigenvalue weighted by molar-refractivity contribution is 6.14. The van der Waals surface area contributed by atoms with Gasteiger partial charge in [0.15, 0.2) is 0 Å². The Labute approximate surface area is 138 Å². The zero-order chi connectivity index (χ0) is 15.9. The Kier molecular flexibility index (Phi) is 6.40. The first-order valence-corrected chi connectivity index (χ1v) is 8.14. The van der Waals surface area contributed by atoms with E-state index in [2.05, 4.69) is 41.4 Å². The molecule has 5 heteroatoms. The van der Waals surface area contributed by atoms with E-state index in [9.17, 15) is 0 Å². The number of benzene rings is 1. The van der Waals surface area contributed by atoms with Gasteiger partial charge in [-0.05, 0) is 43.9 Å². The summed E-state index contributed by atoms with van der Waals surface area (Å²) in [6.45, 7) is 3.81. The molecule has 0 spiro atoms. The van der Waals surface area contributed by atoms with Gasteiger partial charge in [0.2, 0.25) is 0 Å². The van der Waals surface area contributed by atoms with Crippen molar-refractivity contribution in [2.45, 2.75) is 38.9 Å². The van der Waals surface area contributed by atoms with Crippen LogP contribution in [0.1, 0.15) is 31.7 Å². The SMILES string of the molecule is CNc1ccc(CN2C(C)=CN(Cl)C2CCCCOC)cc1. The van der Waals surface area contributed by atoms with Gasteiger partial charge >= 0.3 is 0 Å². The summed E-state index contributed by atoms with van der Waals surface area (Å²) in [5, 5.41) is 3.15. The number of halogens is 1. The molecule has 0 saturated heterocycles. The Morgan fingerprint density at radius 2 is 1.95 bits per heavy atom. The van der Waals surface area contributed by atoms with E-state index >= 15 is 0 Å². The lowest BCUT2D eigenvalue weighted by Gasteiger charge is -2.31. The molecule has 0 fully saturated rings. The van der Waals surface area contributed by atoms with Gasteiger partial charge in [0.25, 0.3) is 0 Å². The Morgan fingerprint density at radius 3 is 2.59 bits per heavy atom. The zero-order valence-electron chi connectivity index (χ0n) is 13.7. The molecular formula is C17H26ClN3O. The van der Waals surface area contributed by atoms with Crippen LogP contribution in [0.4, 0.5) is 5.69 Å². The molecule has 1 aliphatic rings. The van der Waals surface area contributed by atoms with Crippen molar-refractivity contribution in [1.29, 1.82) is 0 Å². The van der Waals surface area contributed by atoms with Crippen molar-refractivity contribution in [2.75, 3.05) is 26.1 Å². The minimum atomic E-state index is 0.225. The molecule has 1 heterocycles. The normalized spacial score (nSPS) is 17.8. The number of allylic oxidation sites excluding steroid dienone is 1. The zero-order valence-corrected chi connectivity index (χ0v) is 14.4. The fourth-order valence-electron chi connectivity index (χ4n) is 2.76. The first kappa shape index (κ1) is 17.0. The maximum Gasteiger partial charge on any atom is 0.117 e. The van der Waals surface area contributed by atoms with Gasteiger partial charge in [-0.3, -0.25) is 4.42 Å². The summed E-state index contributed by atoms with van der Waals surface area (Å²) >= 11 is 6.37. The first-order valence-electron chi connectivity index (χ1n) is 7.80. The van der Waals surface area contributed by atoms with Gasteiger partial charge in [0.1, 0.15) is 6.17 Å². The van der Waals surface area contributed by atoms with Crippen LogP contribution in [0.3, 0.4) is 0 Å². The number of anilines is 1. The van der Waals surface area contributed by atoms with E-state index in [1.165, 1.54) is 11.3 Å². The van der Waals surface area contributed by atoms with E-state index in [1.807, 2.05) is 17.7 Å². The summed E-state index contributed by atoms with van der Waals surface area (Å²) in [5.74, 6) is 0. The standard InChI is InChI=1S/C17H26ClN3O/c1-14-12-21(18)17(6-4-5-11-22-3)20(14)13-15-7-9-16(19-2)10-8-15/h7-10,12,17,19H,4-6,11,13H2,1-3H3. The Bertz CT molecular complexity index is 489. The van der Waals surface area contributed by atoms with Crippen molar-refractivity contribution >= 4 is 17.5 Å². The molecule has 0 aromatic heterocycles. The largest absolute Gasteiger partial charge is 0.388 e. The van der Waals surface area contributed by atoms with Crippen LogP contribution in [-0.2, 0) is 11.3 Å². The predicted molar refractivity (Wildman–Crippen MR) is 92.5 cm³/mol. The highest BCUT2D eigenvalue weighted by Gasteiger charge is 2.28. The number of hydrogen-bond acceptors (Lipinski definition) is 4. The van der Waals surface area contributed by atoms with E-state index in [4.69, 9.17) is 16.5 Å². The fourth-order valence-corrected chi connectivity index (χ4v) is 3.11. The molecule has 0 bridgehead atoms. The molecule has 0 saturated carbocycles. The molecule has 0 radical (unpaired) electrons. The predicted octanol–water partition coefficient (Wildman–Crippen LogP) is 4.00. The molecule has 4 nitrogen and oxygen atoms in total. The molecule has 1 atom stereocenters. The van der Waals surface area contributed by atoms with Gasteiger partial charge in [-0.15, -0.1) is 0 Å². The van der Waals surface area contributed by atoms with Gasteiger partial charge in [-0.1, -0.05) is 12.1 Å². The van der Waals surface area contributed by atoms with E-state index in [0.717, 1.165) is 38.1 Å². The molecular weight excluding hydrogens is 298 g/mol. The number of rotatable bonds is 8. The molecule has 1 unspecified atom stereocenters. The van der Waals surface area contributed by atoms with E-state index in [1.54, 1.807) is 7.11 Å². The Balaban J connectivity index is 1.97. The van der Waals surface area contributed by atoms with Crippen molar-refractivity contribution in [1.82, 2.24) is 9.32 Å². The average Bonchev–Trinajstić information content (AvgIpc) is 2.79. The lowest BCUT2D eigenvalue weighted by molar-refractivity contribution is 0.164. The first-order chi connectivity index (χ1) is 10.7. The van der Waals surface area contributed by atoms with Gasteiger partial charge in [-0.25, -0.2) is 0 Å². The molecule has 1 aliphatic heterocycles. The number of ether oxygens (including phenoxy) is 1.